The molecule has 0 unspecified atom stereocenters. The molecule has 0 saturated heterocycles. The molecule has 0 N–H and O–H groups in total. The number of hydrogen-bond acceptors (Lipinski definition) is 2. The van der Waals surface area contributed by atoms with Crippen molar-refractivity contribution in [2.24, 2.45) is 0 Å². The maximum Gasteiger partial charge on any atom is 0.0672 e. The van der Waals surface area contributed by atoms with Gasteiger partial charge in [-0.05, 0) is 30.2 Å². The van der Waals surface area contributed by atoms with Gasteiger partial charge in [-0.2, -0.15) is 0 Å². The molecule has 3 heteroatoms. The van der Waals surface area contributed by atoms with E-state index < -0.39 is 5.97 Å². The molecular formula is C10H8ClO2-. The fraction of sp³-hybridized carbons (Fsp3) is 0.100. The van der Waals surface area contributed by atoms with Gasteiger partial charge < -0.3 is 9.90 Å². The van der Waals surface area contributed by atoms with Gasteiger partial charge in [0.05, 0.1) is 5.97 Å². The second-order valence-electron chi connectivity index (χ2n) is 2.67. The molecule has 0 atom stereocenters. The van der Waals surface area contributed by atoms with Gasteiger partial charge in [-0.15, -0.1) is 0 Å². The van der Waals surface area contributed by atoms with E-state index in [1.54, 1.807) is 24.3 Å². The molecule has 0 amide bonds. The molecule has 0 aromatic heterocycles. The van der Waals surface area contributed by atoms with Gasteiger partial charge in [-0.25, -0.2) is 0 Å². The van der Waals surface area contributed by atoms with Crippen LogP contribution in [0.3, 0.4) is 0 Å². The Morgan fingerprint density at radius 1 is 1.38 bits per heavy atom. The number of hydrogen-bond donors (Lipinski definition) is 0. The Labute approximate surface area is 81.5 Å². The minimum atomic E-state index is -1.16. The van der Waals surface area contributed by atoms with Crippen molar-refractivity contribution in [1.82, 2.24) is 0 Å². The van der Waals surface area contributed by atoms with Crippen molar-refractivity contribution in [2.75, 3.05) is 0 Å². The molecule has 0 spiro atoms. The second kappa shape index (κ2) is 4.10. The molecule has 1 aromatic rings. The first-order chi connectivity index (χ1) is 6.09. The van der Waals surface area contributed by atoms with Crippen LogP contribution in [-0.4, -0.2) is 5.97 Å². The minimum Gasteiger partial charge on any atom is -0.545 e. The van der Waals surface area contributed by atoms with E-state index in [1.165, 1.54) is 13.0 Å². The molecule has 0 bridgehead atoms. The van der Waals surface area contributed by atoms with Gasteiger partial charge in [-0.3, -0.25) is 0 Å². The zero-order valence-electron chi connectivity index (χ0n) is 7.08. The van der Waals surface area contributed by atoms with Crippen LogP contribution in [0.2, 0.25) is 5.02 Å². The van der Waals surface area contributed by atoms with Gasteiger partial charge >= 0.3 is 0 Å². The topological polar surface area (TPSA) is 40.1 Å². The monoisotopic (exact) mass is 195 g/mol. The Bertz CT molecular complexity index is 338. The average molecular weight is 196 g/mol. The van der Waals surface area contributed by atoms with Gasteiger partial charge in [0.1, 0.15) is 0 Å². The number of halogens is 1. The summed E-state index contributed by atoms with van der Waals surface area (Å²) in [6.45, 7) is 1.49. The zero-order valence-corrected chi connectivity index (χ0v) is 7.84. The van der Waals surface area contributed by atoms with Crippen molar-refractivity contribution in [2.45, 2.75) is 6.92 Å². The molecule has 1 aromatic carbocycles. The van der Waals surface area contributed by atoms with Crippen molar-refractivity contribution in [3.63, 3.8) is 0 Å². The summed E-state index contributed by atoms with van der Waals surface area (Å²) in [5.74, 6) is -1.16. The van der Waals surface area contributed by atoms with E-state index in [0.717, 1.165) is 5.56 Å². The molecule has 0 radical (unpaired) electrons. The lowest BCUT2D eigenvalue weighted by Crippen LogP contribution is -2.22. The van der Waals surface area contributed by atoms with Crippen LogP contribution < -0.4 is 5.11 Å². The lowest BCUT2D eigenvalue weighted by molar-refractivity contribution is -0.299. The van der Waals surface area contributed by atoms with Gasteiger partial charge in [0, 0.05) is 5.02 Å². The fourth-order valence-corrected chi connectivity index (χ4v) is 0.994. The third kappa shape index (κ3) is 2.92. The highest BCUT2D eigenvalue weighted by Gasteiger charge is 1.91. The molecular weight excluding hydrogens is 188 g/mol. The maximum atomic E-state index is 10.4. The molecule has 1 rings (SSSR count). The van der Waals surface area contributed by atoms with Gasteiger partial charge in [0.15, 0.2) is 0 Å². The summed E-state index contributed by atoms with van der Waals surface area (Å²) in [7, 11) is 0. The molecule has 0 aliphatic heterocycles. The number of carbonyl (C=O) groups excluding carboxylic acids is 1. The van der Waals surface area contributed by atoms with E-state index in [-0.39, 0.29) is 5.57 Å². The second-order valence-corrected chi connectivity index (χ2v) is 3.10. The first-order valence-corrected chi connectivity index (χ1v) is 4.12. The number of carbonyl (C=O) groups is 1. The quantitative estimate of drug-likeness (QED) is 0.671. The number of aliphatic carboxylic acids is 1. The van der Waals surface area contributed by atoms with Crippen molar-refractivity contribution < 1.29 is 9.90 Å². The minimum absolute atomic E-state index is 0.197. The van der Waals surface area contributed by atoms with Crippen LogP contribution >= 0.6 is 11.6 Å². The van der Waals surface area contributed by atoms with Crippen molar-refractivity contribution >= 4 is 23.6 Å². The molecule has 2 nitrogen and oxygen atoms in total. The molecule has 0 saturated carbocycles. The fourth-order valence-electron chi connectivity index (χ4n) is 0.868. The van der Waals surface area contributed by atoms with E-state index in [9.17, 15) is 9.90 Å². The number of rotatable bonds is 2. The Hall–Kier alpha value is -1.28. The van der Waals surface area contributed by atoms with Crippen LogP contribution in [0.4, 0.5) is 0 Å². The summed E-state index contributed by atoms with van der Waals surface area (Å²) < 4.78 is 0. The lowest BCUT2D eigenvalue weighted by Gasteiger charge is -2.01. The Balaban J connectivity index is 2.92. The standard InChI is InChI=1S/C10H9ClO2/c1-7(10(12)13)6-8-2-4-9(11)5-3-8/h2-6H,1H3,(H,12,13)/p-1/b7-6+. The molecule has 0 aliphatic rings. The van der Waals surface area contributed by atoms with E-state index in [1.807, 2.05) is 0 Å². The number of carboxylic acid groups (broad SMARTS) is 1. The smallest absolute Gasteiger partial charge is 0.0672 e. The first-order valence-electron chi connectivity index (χ1n) is 3.75. The average Bonchev–Trinajstić information content (AvgIpc) is 2.08. The van der Waals surface area contributed by atoms with E-state index in [4.69, 9.17) is 11.6 Å². The van der Waals surface area contributed by atoms with E-state index in [0.29, 0.717) is 5.02 Å². The van der Waals surface area contributed by atoms with Crippen LogP contribution in [0.5, 0.6) is 0 Å². The predicted octanol–water partition coefficient (Wildman–Crippen LogP) is 1.49. The van der Waals surface area contributed by atoms with Crippen LogP contribution in [0.15, 0.2) is 29.8 Å². The Kier molecular flexibility index (Phi) is 3.09. The molecule has 0 fully saturated rings. The highest BCUT2D eigenvalue weighted by Crippen LogP contribution is 2.11. The third-order valence-electron chi connectivity index (χ3n) is 1.58. The summed E-state index contributed by atoms with van der Waals surface area (Å²) >= 11 is 5.66. The maximum absolute atomic E-state index is 10.4. The van der Waals surface area contributed by atoms with E-state index >= 15 is 0 Å². The normalized spacial score (nSPS) is 11.4. The summed E-state index contributed by atoms with van der Waals surface area (Å²) in [6.07, 6.45) is 1.53. The zero-order chi connectivity index (χ0) is 9.84. The lowest BCUT2D eigenvalue weighted by atomic mass is 10.1. The van der Waals surface area contributed by atoms with Crippen LogP contribution in [0.25, 0.3) is 6.08 Å². The Morgan fingerprint density at radius 2 is 1.92 bits per heavy atom. The van der Waals surface area contributed by atoms with Gasteiger partial charge in [0.25, 0.3) is 0 Å². The predicted molar refractivity (Wildman–Crippen MR) is 50.1 cm³/mol. The number of benzene rings is 1. The molecule has 0 heterocycles. The SMILES string of the molecule is C/C(=C\c1ccc(Cl)cc1)C(=O)[O-]. The summed E-state index contributed by atoms with van der Waals surface area (Å²) in [5, 5.41) is 11.0. The highest BCUT2D eigenvalue weighted by atomic mass is 35.5. The largest absolute Gasteiger partial charge is 0.545 e. The van der Waals surface area contributed by atoms with Crippen LogP contribution in [-0.2, 0) is 4.79 Å². The summed E-state index contributed by atoms with van der Waals surface area (Å²) in [6, 6.07) is 6.90. The highest BCUT2D eigenvalue weighted by molar-refractivity contribution is 6.30. The summed E-state index contributed by atoms with van der Waals surface area (Å²) in [4.78, 5) is 10.4. The van der Waals surface area contributed by atoms with E-state index in [2.05, 4.69) is 0 Å². The first kappa shape index (κ1) is 9.81. The van der Waals surface area contributed by atoms with Crippen molar-refractivity contribution in [3.05, 3.63) is 40.4 Å². The number of carboxylic acids is 1. The van der Waals surface area contributed by atoms with Crippen molar-refractivity contribution in [3.8, 4) is 0 Å². The summed E-state index contributed by atoms with van der Waals surface area (Å²) in [5.41, 5.74) is 0.994. The van der Waals surface area contributed by atoms with Crippen LogP contribution in [0, 0.1) is 0 Å². The molecule has 13 heavy (non-hydrogen) atoms. The van der Waals surface area contributed by atoms with Crippen molar-refractivity contribution in [1.29, 1.82) is 0 Å². The third-order valence-corrected chi connectivity index (χ3v) is 1.83. The molecule has 68 valence electrons. The van der Waals surface area contributed by atoms with Gasteiger partial charge in [-0.1, -0.05) is 29.8 Å². The molecule has 0 aliphatic carbocycles. The Morgan fingerprint density at radius 3 is 2.38 bits per heavy atom. The van der Waals surface area contributed by atoms with Crippen LogP contribution in [0.1, 0.15) is 12.5 Å². The van der Waals surface area contributed by atoms with Gasteiger partial charge in [0.2, 0.25) is 0 Å².